The lowest BCUT2D eigenvalue weighted by Gasteiger charge is -2.35. The topological polar surface area (TPSA) is 41.6 Å². The molecule has 1 saturated heterocycles. The Bertz CT molecular complexity index is 748. The number of rotatable bonds is 7. The highest BCUT2D eigenvalue weighted by molar-refractivity contribution is 8.00. The molecule has 6 heteroatoms. The van der Waals surface area contributed by atoms with Crippen LogP contribution in [0.1, 0.15) is 17.2 Å². The second-order valence-corrected chi connectivity index (χ2v) is 7.59. The molecule has 3 rings (SSSR count). The van der Waals surface area contributed by atoms with Crippen molar-refractivity contribution in [1.82, 2.24) is 10.2 Å². The molecule has 2 aromatic carbocycles. The van der Waals surface area contributed by atoms with Crippen LogP contribution >= 0.6 is 11.8 Å². The van der Waals surface area contributed by atoms with Gasteiger partial charge in [-0.3, -0.25) is 9.69 Å². The number of ether oxygens (including phenoxy) is 1. The van der Waals surface area contributed by atoms with Crippen molar-refractivity contribution in [3.63, 3.8) is 0 Å². The normalized spacial score (nSPS) is 16.1. The third kappa shape index (κ3) is 5.79. The van der Waals surface area contributed by atoms with E-state index in [0.29, 0.717) is 25.5 Å². The first-order chi connectivity index (χ1) is 13.1. The Hall–Kier alpha value is -1.89. The van der Waals surface area contributed by atoms with Gasteiger partial charge in [-0.25, -0.2) is 4.39 Å². The van der Waals surface area contributed by atoms with Crippen molar-refractivity contribution in [2.45, 2.75) is 17.9 Å². The fourth-order valence-electron chi connectivity index (χ4n) is 3.16. The van der Waals surface area contributed by atoms with Crippen LogP contribution in [0.4, 0.5) is 4.39 Å². The van der Waals surface area contributed by atoms with Gasteiger partial charge >= 0.3 is 0 Å². The number of thioether (sulfide) groups is 1. The molecule has 0 spiro atoms. The van der Waals surface area contributed by atoms with Crippen LogP contribution in [-0.2, 0) is 9.53 Å². The fraction of sp³-hybridized carbons (Fsp3) is 0.381. The molecule has 0 saturated carbocycles. The number of nitrogens with zero attached hydrogens (tertiary/aromatic N) is 1. The molecule has 0 radical (unpaired) electrons. The van der Waals surface area contributed by atoms with Crippen LogP contribution in [-0.4, -0.2) is 49.4 Å². The predicted molar refractivity (Wildman–Crippen MR) is 106 cm³/mol. The van der Waals surface area contributed by atoms with E-state index in [2.05, 4.69) is 10.2 Å². The van der Waals surface area contributed by atoms with Gasteiger partial charge in [-0.05, 0) is 36.2 Å². The zero-order valence-electron chi connectivity index (χ0n) is 15.5. The van der Waals surface area contributed by atoms with E-state index < -0.39 is 0 Å². The zero-order chi connectivity index (χ0) is 19.1. The molecule has 1 aliphatic rings. The van der Waals surface area contributed by atoms with E-state index in [1.165, 1.54) is 17.7 Å². The van der Waals surface area contributed by atoms with Gasteiger partial charge in [0, 0.05) is 24.5 Å². The minimum atomic E-state index is -0.252. The van der Waals surface area contributed by atoms with E-state index in [9.17, 15) is 9.18 Å². The third-order valence-corrected chi connectivity index (χ3v) is 5.86. The van der Waals surface area contributed by atoms with E-state index in [1.807, 2.05) is 31.2 Å². The molecule has 2 aromatic rings. The average Bonchev–Trinajstić information content (AvgIpc) is 2.69. The fourth-order valence-corrected chi connectivity index (χ4v) is 4.01. The summed E-state index contributed by atoms with van der Waals surface area (Å²) in [6, 6.07) is 14.6. The number of hydrogen-bond acceptors (Lipinski definition) is 4. The van der Waals surface area contributed by atoms with Crippen molar-refractivity contribution in [3.05, 3.63) is 65.5 Å². The second kappa shape index (κ2) is 9.88. The number of morpholine rings is 1. The molecular weight excluding hydrogens is 363 g/mol. The highest BCUT2D eigenvalue weighted by Gasteiger charge is 2.23. The van der Waals surface area contributed by atoms with Crippen molar-refractivity contribution in [1.29, 1.82) is 0 Å². The third-order valence-electron chi connectivity index (χ3n) is 4.69. The minimum absolute atomic E-state index is 0.00336. The van der Waals surface area contributed by atoms with Gasteiger partial charge in [0.15, 0.2) is 0 Å². The molecule has 1 amide bonds. The summed E-state index contributed by atoms with van der Waals surface area (Å²) in [5.74, 6) is 0.131. The Balaban J connectivity index is 1.59. The van der Waals surface area contributed by atoms with Crippen molar-refractivity contribution in [2.75, 3.05) is 38.6 Å². The molecular formula is C21H25FN2O2S. The predicted octanol–water partition coefficient (Wildman–Crippen LogP) is 3.42. The van der Waals surface area contributed by atoms with Crippen LogP contribution in [0, 0.1) is 12.7 Å². The molecule has 0 aliphatic carbocycles. The summed E-state index contributed by atoms with van der Waals surface area (Å²) in [5, 5.41) is 3.05. The van der Waals surface area contributed by atoms with E-state index in [-0.39, 0.29) is 17.8 Å². The zero-order valence-corrected chi connectivity index (χ0v) is 16.3. The summed E-state index contributed by atoms with van der Waals surface area (Å²) >= 11 is 1.54. The molecule has 27 heavy (non-hydrogen) atoms. The monoisotopic (exact) mass is 388 g/mol. The molecule has 0 aromatic heterocycles. The minimum Gasteiger partial charge on any atom is -0.379 e. The molecule has 1 aliphatic heterocycles. The first-order valence-corrected chi connectivity index (χ1v) is 10.1. The van der Waals surface area contributed by atoms with Gasteiger partial charge in [-0.2, -0.15) is 0 Å². The summed E-state index contributed by atoms with van der Waals surface area (Å²) in [6.07, 6.45) is 0. The first kappa shape index (κ1) is 19.9. The number of carbonyl (C=O) groups excluding carboxylic acids is 1. The molecule has 1 N–H and O–H groups in total. The second-order valence-electron chi connectivity index (χ2n) is 6.57. The van der Waals surface area contributed by atoms with Crippen molar-refractivity contribution < 1.29 is 13.9 Å². The number of carbonyl (C=O) groups is 1. The summed E-state index contributed by atoms with van der Waals surface area (Å²) in [4.78, 5) is 15.8. The number of amides is 1. The standard InChI is InChI=1S/C21H25FN2O2S/c1-16-4-2-3-5-20(16)27-15-21(25)23-14-19(24-10-12-26-13-11-24)17-6-8-18(22)9-7-17/h2-9,19H,10-15H2,1H3,(H,23,25). The number of benzene rings is 2. The largest absolute Gasteiger partial charge is 0.379 e. The smallest absolute Gasteiger partial charge is 0.230 e. The number of hydrogen-bond donors (Lipinski definition) is 1. The van der Waals surface area contributed by atoms with Crippen LogP contribution in [0.15, 0.2) is 53.4 Å². The number of halogens is 1. The highest BCUT2D eigenvalue weighted by Crippen LogP contribution is 2.23. The number of nitrogens with one attached hydrogen (secondary N) is 1. The van der Waals surface area contributed by atoms with E-state index in [1.54, 1.807) is 23.9 Å². The van der Waals surface area contributed by atoms with Gasteiger partial charge in [0.2, 0.25) is 5.91 Å². The van der Waals surface area contributed by atoms with Crippen LogP contribution in [0.25, 0.3) is 0 Å². The van der Waals surface area contributed by atoms with E-state index >= 15 is 0 Å². The Labute approximate surface area is 164 Å². The van der Waals surface area contributed by atoms with Gasteiger partial charge in [0.1, 0.15) is 5.82 Å². The first-order valence-electron chi connectivity index (χ1n) is 9.16. The van der Waals surface area contributed by atoms with Crippen molar-refractivity contribution in [2.24, 2.45) is 0 Å². The van der Waals surface area contributed by atoms with Crippen LogP contribution in [0.5, 0.6) is 0 Å². The molecule has 1 heterocycles. The van der Waals surface area contributed by atoms with Gasteiger partial charge in [0.25, 0.3) is 0 Å². The van der Waals surface area contributed by atoms with Gasteiger partial charge in [-0.15, -0.1) is 11.8 Å². The Morgan fingerprint density at radius 2 is 1.89 bits per heavy atom. The lowest BCUT2D eigenvalue weighted by Crippen LogP contribution is -2.44. The molecule has 4 nitrogen and oxygen atoms in total. The molecule has 1 atom stereocenters. The van der Waals surface area contributed by atoms with Gasteiger partial charge in [-0.1, -0.05) is 30.3 Å². The van der Waals surface area contributed by atoms with Crippen LogP contribution in [0.2, 0.25) is 0 Å². The maximum Gasteiger partial charge on any atom is 0.230 e. The lowest BCUT2D eigenvalue weighted by molar-refractivity contribution is -0.118. The highest BCUT2D eigenvalue weighted by atomic mass is 32.2. The average molecular weight is 389 g/mol. The Morgan fingerprint density at radius 1 is 1.19 bits per heavy atom. The maximum atomic E-state index is 13.3. The van der Waals surface area contributed by atoms with Gasteiger partial charge in [0.05, 0.1) is 25.0 Å². The summed E-state index contributed by atoms with van der Waals surface area (Å²) in [6.45, 7) is 5.50. The van der Waals surface area contributed by atoms with E-state index in [4.69, 9.17) is 4.74 Å². The Morgan fingerprint density at radius 3 is 2.59 bits per heavy atom. The summed E-state index contributed by atoms with van der Waals surface area (Å²) in [5.41, 5.74) is 2.18. The maximum absolute atomic E-state index is 13.3. The van der Waals surface area contributed by atoms with Crippen LogP contribution < -0.4 is 5.32 Å². The molecule has 1 unspecified atom stereocenters. The summed E-state index contributed by atoms with van der Waals surface area (Å²) in [7, 11) is 0. The molecule has 1 fully saturated rings. The Kier molecular flexibility index (Phi) is 7.26. The van der Waals surface area contributed by atoms with E-state index in [0.717, 1.165) is 23.5 Å². The van der Waals surface area contributed by atoms with Gasteiger partial charge < -0.3 is 10.1 Å². The van der Waals surface area contributed by atoms with Crippen LogP contribution in [0.3, 0.4) is 0 Å². The number of aryl methyl sites for hydroxylation is 1. The summed E-state index contributed by atoms with van der Waals surface area (Å²) < 4.78 is 18.7. The van der Waals surface area contributed by atoms with Crippen molar-refractivity contribution >= 4 is 17.7 Å². The molecule has 0 bridgehead atoms. The van der Waals surface area contributed by atoms with Crippen molar-refractivity contribution in [3.8, 4) is 0 Å². The lowest BCUT2D eigenvalue weighted by atomic mass is 10.0. The quantitative estimate of drug-likeness (QED) is 0.738. The SMILES string of the molecule is Cc1ccccc1SCC(=O)NCC(c1ccc(F)cc1)N1CCOCC1. The molecule has 144 valence electrons.